The maximum absolute atomic E-state index is 12.8. The van der Waals surface area contributed by atoms with Crippen molar-refractivity contribution in [1.82, 2.24) is 15.0 Å². The molecule has 2 aromatic heterocycles. The second kappa shape index (κ2) is 8.24. The van der Waals surface area contributed by atoms with Gasteiger partial charge in [-0.15, -0.1) is 0 Å². The molecule has 2 aliphatic rings. The molecule has 0 spiro atoms. The lowest BCUT2D eigenvalue weighted by molar-refractivity contribution is -0.120. The Kier molecular flexibility index (Phi) is 5.31. The number of imidazole rings is 1. The number of fused-ring (bicyclic) bond motifs is 1. The lowest BCUT2D eigenvalue weighted by Crippen LogP contribution is -2.38. The van der Waals surface area contributed by atoms with E-state index in [4.69, 9.17) is 16.3 Å². The smallest absolute Gasteiger partial charge is 0.227 e. The first kappa shape index (κ1) is 19.3. The number of hydrogen-bond acceptors (Lipinski definition) is 5. The molecule has 7 nitrogen and oxygen atoms in total. The minimum absolute atomic E-state index is 0.00605. The fraction of sp³-hybridized carbons (Fsp3) is 0.409. The van der Waals surface area contributed by atoms with E-state index >= 15 is 0 Å². The number of anilines is 2. The highest BCUT2D eigenvalue weighted by Crippen LogP contribution is 2.29. The molecule has 2 aliphatic heterocycles. The lowest BCUT2D eigenvalue weighted by atomic mass is 9.95. The number of pyridine rings is 1. The largest absolute Gasteiger partial charge is 0.370 e. The van der Waals surface area contributed by atoms with Gasteiger partial charge in [-0.3, -0.25) is 4.79 Å². The van der Waals surface area contributed by atoms with E-state index in [9.17, 15) is 4.79 Å². The van der Waals surface area contributed by atoms with Gasteiger partial charge in [0.2, 0.25) is 5.91 Å². The second-order valence-corrected chi connectivity index (χ2v) is 8.38. The predicted molar refractivity (Wildman–Crippen MR) is 117 cm³/mol. The highest BCUT2D eigenvalue weighted by atomic mass is 35.5. The average Bonchev–Trinajstić information content (AvgIpc) is 3.44. The fourth-order valence-corrected chi connectivity index (χ4v) is 4.33. The molecule has 1 amide bonds. The summed E-state index contributed by atoms with van der Waals surface area (Å²) >= 11 is 5.92. The molecular formula is C22H24ClN5O2. The van der Waals surface area contributed by atoms with Crippen molar-refractivity contribution in [3.8, 4) is 0 Å². The Morgan fingerprint density at radius 2 is 2.07 bits per heavy atom. The summed E-state index contributed by atoms with van der Waals surface area (Å²) in [6, 6.07) is 9.57. The number of nitrogens with one attached hydrogen (secondary N) is 2. The molecule has 8 heteroatoms. The summed E-state index contributed by atoms with van der Waals surface area (Å²) in [5.41, 5.74) is 2.60. The molecule has 30 heavy (non-hydrogen) atoms. The molecule has 156 valence electrons. The van der Waals surface area contributed by atoms with E-state index in [2.05, 4.69) is 25.2 Å². The monoisotopic (exact) mass is 425 g/mol. The second-order valence-electron chi connectivity index (χ2n) is 7.94. The Labute approximate surface area is 179 Å². The number of amides is 1. The molecule has 2 fully saturated rings. The summed E-state index contributed by atoms with van der Waals surface area (Å²) < 4.78 is 5.71. The molecule has 3 aromatic rings. The van der Waals surface area contributed by atoms with Gasteiger partial charge >= 0.3 is 0 Å². The average molecular weight is 426 g/mol. The van der Waals surface area contributed by atoms with Crippen molar-refractivity contribution in [2.45, 2.75) is 31.8 Å². The minimum atomic E-state index is -0.00605. The van der Waals surface area contributed by atoms with Crippen LogP contribution in [0.5, 0.6) is 0 Å². The van der Waals surface area contributed by atoms with Gasteiger partial charge in [0.15, 0.2) is 0 Å². The van der Waals surface area contributed by atoms with Crippen LogP contribution in [-0.2, 0) is 9.53 Å². The lowest BCUT2D eigenvalue weighted by Gasteiger charge is -2.32. The maximum atomic E-state index is 12.8. The number of aromatic nitrogens is 3. The summed E-state index contributed by atoms with van der Waals surface area (Å²) in [5, 5.41) is 3.70. The number of nitrogens with zero attached hydrogens (tertiary/aromatic N) is 3. The van der Waals surface area contributed by atoms with Crippen molar-refractivity contribution in [1.29, 1.82) is 0 Å². The van der Waals surface area contributed by atoms with Crippen LogP contribution in [0.4, 0.5) is 11.5 Å². The van der Waals surface area contributed by atoms with Crippen molar-refractivity contribution in [3.05, 3.63) is 47.4 Å². The highest BCUT2D eigenvalue weighted by Gasteiger charge is 2.26. The number of aromatic amines is 1. The molecule has 2 N–H and O–H groups in total. The maximum Gasteiger partial charge on any atom is 0.227 e. The van der Waals surface area contributed by atoms with E-state index in [0.29, 0.717) is 5.02 Å². The Balaban J connectivity index is 1.21. The number of ether oxygens (including phenoxy) is 1. The van der Waals surface area contributed by atoms with Crippen LogP contribution in [0.3, 0.4) is 0 Å². The number of piperidine rings is 1. The summed E-state index contributed by atoms with van der Waals surface area (Å²) in [7, 11) is 0. The van der Waals surface area contributed by atoms with E-state index in [-0.39, 0.29) is 17.9 Å². The van der Waals surface area contributed by atoms with Crippen LogP contribution >= 0.6 is 11.6 Å². The Bertz CT molecular complexity index is 1040. The third-order valence-corrected chi connectivity index (χ3v) is 6.13. The van der Waals surface area contributed by atoms with Gasteiger partial charge in [0.1, 0.15) is 17.7 Å². The summed E-state index contributed by atoms with van der Waals surface area (Å²) in [5.74, 6) is 1.84. The first-order valence-electron chi connectivity index (χ1n) is 10.4. The highest BCUT2D eigenvalue weighted by molar-refractivity contribution is 6.30. The summed E-state index contributed by atoms with van der Waals surface area (Å²) in [6.45, 7) is 2.39. The van der Waals surface area contributed by atoms with Gasteiger partial charge in [-0.25, -0.2) is 9.97 Å². The summed E-state index contributed by atoms with van der Waals surface area (Å²) in [4.78, 5) is 27.4. The molecule has 0 bridgehead atoms. The topological polar surface area (TPSA) is 83.1 Å². The molecule has 0 radical (unpaired) electrons. The first-order valence-corrected chi connectivity index (χ1v) is 10.8. The van der Waals surface area contributed by atoms with E-state index in [1.165, 1.54) is 0 Å². The van der Waals surface area contributed by atoms with Crippen molar-refractivity contribution in [3.63, 3.8) is 0 Å². The van der Waals surface area contributed by atoms with Crippen molar-refractivity contribution < 1.29 is 9.53 Å². The number of halogens is 1. The van der Waals surface area contributed by atoms with E-state index in [0.717, 1.165) is 73.7 Å². The number of benzene rings is 1. The zero-order valence-electron chi connectivity index (χ0n) is 16.6. The van der Waals surface area contributed by atoms with Crippen LogP contribution in [0, 0.1) is 5.92 Å². The zero-order chi connectivity index (χ0) is 20.5. The third kappa shape index (κ3) is 4.00. The molecule has 1 aromatic carbocycles. The van der Waals surface area contributed by atoms with Crippen LogP contribution in [-0.4, -0.2) is 40.6 Å². The fourth-order valence-electron chi connectivity index (χ4n) is 4.22. The SMILES string of the molecule is O=C(Nc1ccc2nc(C3CCCO3)[nH]c2c1)C1CCN(c2ccc(Cl)cn2)CC1. The molecule has 2 saturated heterocycles. The Morgan fingerprint density at radius 1 is 1.20 bits per heavy atom. The quantitative estimate of drug-likeness (QED) is 0.650. The predicted octanol–water partition coefficient (Wildman–Crippen LogP) is 4.32. The number of H-pyrrole nitrogens is 1. The number of rotatable bonds is 4. The van der Waals surface area contributed by atoms with Crippen LogP contribution in [0.2, 0.25) is 5.02 Å². The molecule has 0 saturated carbocycles. The number of carbonyl (C=O) groups is 1. The van der Waals surface area contributed by atoms with Gasteiger partial charge in [0, 0.05) is 37.5 Å². The van der Waals surface area contributed by atoms with Gasteiger partial charge in [-0.1, -0.05) is 11.6 Å². The van der Waals surface area contributed by atoms with E-state index < -0.39 is 0 Å². The van der Waals surface area contributed by atoms with Gasteiger partial charge < -0.3 is 19.9 Å². The summed E-state index contributed by atoms with van der Waals surface area (Å²) in [6.07, 6.45) is 5.36. The number of hydrogen-bond donors (Lipinski definition) is 2. The minimum Gasteiger partial charge on any atom is -0.370 e. The third-order valence-electron chi connectivity index (χ3n) is 5.90. The normalized spacial score (nSPS) is 20.0. The van der Waals surface area contributed by atoms with Crippen molar-refractivity contribution in [2.75, 3.05) is 29.9 Å². The zero-order valence-corrected chi connectivity index (χ0v) is 17.4. The molecule has 0 aliphatic carbocycles. The van der Waals surface area contributed by atoms with Crippen molar-refractivity contribution >= 4 is 40.0 Å². The van der Waals surface area contributed by atoms with Gasteiger partial charge in [-0.2, -0.15) is 0 Å². The standard InChI is InChI=1S/C22H24ClN5O2/c23-15-3-6-20(24-13-15)28-9-7-14(8-10-28)22(29)25-16-4-5-17-18(12-16)27-21(26-17)19-2-1-11-30-19/h3-6,12-14,19H,1-2,7-11H2,(H,25,29)(H,26,27). The first-order chi connectivity index (χ1) is 14.7. The van der Waals surface area contributed by atoms with Crippen LogP contribution in [0.25, 0.3) is 11.0 Å². The van der Waals surface area contributed by atoms with Gasteiger partial charge in [0.25, 0.3) is 0 Å². The van der Waals surface area contributed by atoms with Crippen LogP contribution in [0.1, 0.15) is 37.6 Å². The van der Waals surface area contributed by atoms with E-state index in [1.807, 2.05) is 30.3 Å². The van der Waals surface area contributed by atoms with Crippen molar-refractivity contribution in [2.24, 2.45) is 5.92 Å². The van der Waals surface area contributed by atoms with Crippen LogP contribution < -0.4 is 10.2 Å². The molecule has 5 rings (SSSR count). The van der Waals surface area contributed by atoms with Gasteiger partial charge in [-0.05, 0) is 56.0 Å². The molecule has 1 unspecified atom stereocenters. The van der Waals surface area contributed by atoms with Gasteiger partial charge in [0.05, 0.1) is 16.1 Å². The Hall–Kier alpha value is -2.64. The molecule has 1 atom stereocenters. The number of carbonyl (C=O) groups excluding carboxylic acids is 1. The van der Waals surface area contributed by atoms with E-state index in [1.54, 1.807) is 6.20 Å². The molecular weight excluding hydrogens is 402 g/mol. The van der Waals surface area contributed by atoms with Crippen LogP contribution in [0.15, 0.2) is 36.5 Å². The Morgan fingerprint density at radius 3 is 2.80 bits per heavy atom. The molecule has 4 heterocycles.